The van der Waals surface area contributed by atoms with Gasteiger partial charge in [0.15, 0.2) is 0 Å². The van der Waals surface area contributed by atoms with E-state index in [1.165, 1.54) is 0 Å². The van der Waals surface area contributed by atoms with Gasteiger partial charge in [-0.05, 0) is 19.2 Å². The fourth-order valence-electron chi connectivity index (χ4n) is 2.48. The highest BCUT2D eigenvalue weighted by Gasteiger charge is 2.19. The highest BCUT2D eigenvalue weighted by Crippen LogP contribution is 2.23. The zero-order valence-corrected chi connectivity index (χ0v) is 11.3. The summed E-state index contributed by atoms with van der Waals surface area (Å²) >= 11 is 0. The van der Waals surface area contributed by atoms with Crippen molar-refractivity contribution in [2.45, 2.75) is 0 Å². The van der Waals surface area contributed by atoms with E-state index in [1.54, 1.807) is 7.11 Å². The lowest BCUT2D eigenvalue weighted by Gasteiger charge is -2.35. The summed E-state index contributed by atoms with van der Waals surface area (Å²) in [5.74, 6) is 1.36. The molecular formula is C13H19N5O. The third-order valence-electron chi connectivity index (χ3n) is 3.63. The van der Waals surface area contributed by atoms with Crippen LogP contribution in [-0.2, 0) is 0 Å². The number of rotatable bonds is 2. The van der Waals surface area contributed by atoms with Gasteiger partial charge >= 0.3 is 0 Å². The molecule has 1 aliphatic heterocycles. The van der Waals surface area contributed by atoms with Gasteiger partial charge in [-0.2, -0.15) is 0 Å². The van der Waals surface area contributed by atoms with E-state index in [2.05, 4.69) is 21.9 Å². The summed E-state index contributed by atoms with van der Waals surface area (Å²) in [6.45, 7) is 3.96. The summed E-state index contributed by atoms with van der Waals surface area (Å²) < 4.78 is 7.29. The zero-order valence-electron chi connectivity index (χ0n) is 11.3. The van der Waals surface area contributed by atoms with Crippen LogP contribution in [0.1, 0.15) is 0 Å². The van der Waals surface area contributed by atoms with Gasteiger partial charge in [0, 0.05) is 32.2 Å². The van der Waals surface area contributed by atoms with E-state index in [9.17, 15) is 0 Å². The monoisotopic (exact) mass is 261 g/mol. The first kappa shape index (κ1) is 12.1. The number of piperazine rings is 1. The summed E-state index contributed by atoms with van der Waals surface area (Å²) in [7, 11) is 3.80. The molecule has 0 saturated carbocycles. The van der Waals surface area contributed by atoms with Crippen LogP contribution in [0.2, 0.25) is 0 Å². The predicted octanol–water partition coefficient (Wildman–Crippen LogP) is 0.511. The topological polar surface area (TPSA) is 59.6 Å². The molecule has 0 radical (unpaired) electrons. The molecule has 0 aliphatic carbocycles. The van der Waals surface area contributed by atoms with E-state index >= 15 is 0 Å². The number of aromatic nitrogens is 2. The van der Waals surface area contributed by atoms with Crippen molar-refractivity contribution in [3.05, 3.63) is 18.2 Å². The number of ether oxygens (including phenoxy) is 1. The van der Waals surface area contributed by atoms with Crippen LogP contribution in [0.5, 0.6) is 5.75 Å². The van der Waals surface area contributed by atoms with Crippen LogP contribution in [0.25, 0.3) is 11.0 Å². The lowest BCUT2D eigenvalue weighted by Crippen LogP contribution is -2.50. The Kier molecular flexibility index (Phi) is 2.94. The highest BCUT2D eigenvalue weighted by atomic mass is 16.5. The summed E-state index contributed by atoms with van der Waals surface area (Å²) in [4.78, 5) is 6.72. The normalized spacial score (nSPS) is 17.1. The first-order valence-electron chi connectivity index (χ1n) is 6.45. The molecule has 0 amide bonds. The SMILES string of the molecule is COc1ccc2nc(N)n(N3CCN(C)CC3)c2c1. The third-order valence-corrected chi connectivity index (χ3v) is 3.63. The van der Waals surface area contributed by atoms with Crippen molar-refractivity contribution in [3.8, 4) is 5.75 Å². The molecule has 102 valence electrons. The molecule has 0 spiro atoms. The van der Waals surface area contributed by atoms with Gasteiger partial charge < -0.3 is 20.4 Å². The van der Waals surface area contributed by atoms with Crippen molar-refractivity contribution >= 4 is 17.0 Å². The second-order valence-electron chi connectivity index (χ2n) is 4.89. The molecule has 6 heteroatoms. The van der Waals surface area contributed by atoms with Crippen LogP contribution in [0, 0.1) is 0 Å². The van der Waals surface area contributed by atoms with Crippen LogP contribution >= 0.6 is 0 Å². The maximum Gasteiger partial charge on any atom is 0.220 e. The number of anilines is 1. The van der Waals surface area contributed by atoms with E-state index in [-0.39, 0.29) is 0 Å². The van der Waals surface area contributed by atoms with Crippen LogP contribution in [0.3, 0.4) is 0 Å². The van der Waals surface area contributed by atoms with Crippen molar-refractivity contribution in [1.29, 1.82) is 0 Å². The maximum absolute atomic E-state index is 6.07. The quantitative estimate of drug-likeness (QED) is 0.853. The number of hydrogen-bond donors (Lipinski definition) is 1. The number of nitrogen functional groups attached to an aromatic ring is 1. The minimum absolute atomic E-state index is 0.535. The van der Waals surface area contributed by atoms with Crippen molar-refractivity contribution in [2.75, 3.05) is 51.1 Å². The summed E-state index contributed by atoms with van der Waals surface area (Å²) in [6.07, 6.45) is 0. The molecule has 0 unspecified atom stereocenters. The number of nitrogens with zero attached hydrogens (tertiary/aromatic N) is 4. The van der Waals surface area contributed by atoms with Gasteiger partial charge in [0.05, 0.1) is 18.1 Å². The average molecular weight is 261 g/mol. The minimum atomic E-state index is 0.535. The van der Waals surface area contributed by atoms with Gasteiger partial charge in [0.1, 0.15) is 5.75 Å². The summed E-state index contributed by atoms with van der Waals surface area (Å²) in [5, 5.41) is 2.24. The van der Waals surface area contributed by atoms with E-state index < -0.39 is 0 Å². The average Bonchev–Trinajstić information content (AvgIpc) is 2.75. The molecule has 0 atom stereocenters. The Balaban J connectivity index is 2.04. The second-order valence-corrected chi connectivity index (χ2v) is 4.89. The number of fused-ring (bicyclic) bond motifs is 1. The zero-order chi connectivity index (χ0) is 13.4. The van der Waals surface area contributed by atoms with Crippen molar-refractivity contribution in [2.24, 2.45) is 0 Å². The van der Waals surface area contributed by atoms with Gasteiger partial charge in [-0.1, -0.05) is 0 Å². The van der Waals surface area contributed by atoms with Crippen molar-refractivity contribution in [3.63, 3.8) is 0 Å². The summed E-state index contributed by atoms with van der Waals surface area (Å²) in [5.41, 5.74) is 7.97. The molecule has 3 rings (SSSR count). The number of nitrogens with two attached hydrogens (primary N) is 1. The number of benzene rings is 1. The first-order valence-corrected chi connectivity index (χ1v) is 6.45. The third kappa shape index (κ3) is 2.08. The number of hydrogen-bond acceptors (Lipinski definition) is 5. The van der Waals surface area contributed by atoms with E-state index in [1.807, 2.05) is 22.9 Å². The van der Waals surface area contributed by atoms with Gasteiger partial charge in [0.25, 0.3) is 0 Å². The van der Waals surface area contributed by atoms with Gasteiger partial charge in [-0.15, -0.1) is 0 Å². The lowest BCUT2D eigenvalue weighted by molar-refractivity contribution is 0.290. The lowest BCUT2D eigenvalue weighted by atomic mass is 10.3. The number of likely N-dealkylation sites (N-methyl/N-ethyl adjacent to an activating group) is 1. The Hall–Kier alpha value is -1.95. The number of methoxy groups -OCH3 is 1. The van der Waals surface area contributed by atoms with Crippen LogP contribution in [-0.4, -0.2) is 54.9 Å². The Morgan fingerprint density at radius 2 is 1.95 bits per heavy atom. The molecule has 2 heterocycles. The molecule has 1 fully saturated rings. The van der Waals surface area contributed by atoms with Crippen molar-refractivity contribution in [1.82, 2.24) is 14.6 Å². The second kappa shape index (κ2) is 4.62. The first-order chi connectivity index (χ1) is 9.19. The molecule has 1 saturated heterocycles. The van der Waals surface area contributed by atoms with Crippen LogP contribution < -0.4 is 15.5 Å². The van der Waals surface area contributed by atoms with Gasteiger partial charge in [-0.25, -0.2) is 9.66 Å². The predicted molar refractivity (Wildman–Crippen MR) is 76.1 cm³/mol. The molecular weight excluding hydrogens is 242 g/mol. The highest BCUT2D eigenvalue weighted by molar-refractivity contribution is 5.80. The Bertz CT molecular complexity index is 586. The molecule has 2 aromatic rings. The van der Waals surface area contributed by atoms with E-state index in [0.29, 0.717) is 5.95 Å². The Morgan fingerprint density at radius 3 is 2.63 bits per heavy atom. The Morgan fingerprint density at radius 1 is 1.21 bits per heavy atom. The largest absolute Gasteiger partial charge is 0.497 e. The minimum Gasteiger partial charge on any atom is -0.497 e. The molecule has 0 bridgehead atoms. The van der Waals surface area contributed by atoms with Crippen LogP contribution in [0.15, 0.2) is 18.2 Å². The molecule has 19 heavy (non-hydrogen) atoms. The summed E-state index contributed by atoms with van der Waals surface area (Å²) in [6, 6.07) is 5.83. The molecule has 1 aliphatic rings. The fourth-order valence-corrected chi connectivity index (χ4v) is 2.48. The van der Waals surface area contributed by atoms with Crippen LogP contribution in [0.4, 0.5) is 5.95 Å². The molecule has 6 nitrogen and oxygen atoms in total. The molecule has 1 aromatic carbocycles. The fraction of sp³-hybridized carbons (Fsp3) is 0.462. The standard InChI is InChI=1S/C13H19N5O/c1-16-5-7-17(8-6-16)18-12-9-10(19-2)3-4-11(12)15-13(18)14/h3-4,9H,5-8H2,1-2H3,(H2,14,15). The van der Waals surface area contributed by atoms with Gasteiger partial charge in [-0.3, -0.25) is 0 Å². The van der Waals surface area contributed by atoms with E-state index in [0.717, 1.165) is 43.0 Å². The van der Waals surface area contributed by atoms with E-state index in [4.69, 9.17) is 10.5 Å². The smallest absolute Gasteiger partial charge is 0.220 e. The molecule has 2 N–H and O–H groups in total. The Labute approximate surface area is 112 Å². The maximum atomic E-state index is 6.07. The molecule has 1 aromatic heterocycles. The van der Waals surface area contributed by atoms with Gasteiger partial charge in [0.2, 0.25) is 5.95 Å². The van der Waals surface area contributed by atoms with Crippen molar-refractivity contribution < 1.29 is 4.74 Å². The number of imidazole rings is 1.